The van der Waals surface area contributed by atoms with Gasteiger partial charge in [-0.05, 0) is 18.2 Å². The average Bonchev–Trinajstić information content (AvgIpc) is 2.15. The number of alkyl halides is 2. The highest BCUT2D eigenvalue weighted by Gasteiger charge is 2.15. The maximum Gasteiger partial charge on any atom is 0.265 e. The summed E-state index contributed by atoms with van der Waals surface area (Å²) in [5, 5.41) is 0. The number of hydrogen-bond acceptors (Lipinski definition) is 1. The van der Waals surface area contributed by atoms with Crippen LogP contribution in [0.1, 0.15) is 25.3 Å². The smallest absolute Gasteiger partial charge is 0.206 e. The van der Waals surface area contributed by atoms with E-state index in [1.54, 1.807) is 0 Å². The van der Waals surface area contributed by atoms with Crippen LogP contribution in [0.25, 0.3) is 0 Å². The summed E-state index contributed by atoms with van der Waals surface area (Å²) < 4.78 is 38.1. The first kappa shape index (κ1) is 11.4. The molecule has 0 amide bonds. The minimum atomic E-state index is -2.61. The Morgan fingerprint density at radius 3 is 2.64 bits per heavy atom. The van der Waals surface area contributed by atoms with Crippen LogP contribution in [0.3, 0.4) is 0 Å². The van der Waals surface area contributed by atoms with Gasteiger partial charge in [0.05, 0.1) is 4.90 Å². The molecule has 14 heavy (non-hydrogen) atoms. The Bertz CT molecular complexity index is 299. The van der Waals surface area contributed by atoms with E-state index in [2.05, 4.69) is 0 Å². The van der Waals surface area contributed by atoms with Crippen LogP contribution in [0.5, 0.6) is 0 Å². The van der Waals surface area contributed by atoms with E-state index < -0.39 is 12.2 Å². The SMILES string of the molecule is CCCSc1c(F)cccc1C(F)F. The molecule has 4 heteroatoms. The van der Waals surface area contributed by atoms with Gasteiger partial charge in [-0.15, -0.1) is 11.8 Å². The Morgan fingerprint density at radius 2 is 2.07 bits per heavy atom. The fourth-order valence-electron chi connectivity index (χ4n) is 1.05. The lowest BCUT2D eigenvalue weighted by Crippen LogP contribution is -1.92. The predicted molar refractivity (Wildman–Crippen MR) is 52.4 cm³/mol. The van der Waals surface area contributed by atoms with Gasteiger partial charge < -0.3 is 0 Å². The van der Waals surface area contributed by atoms with Crippen LogP contribution in [-0.2, 0) is 0 Å². The summed E-state index contributed by atoms with van der Waals surface area (Å²) in [5.41, 5.74) is -0.205. The molecule has 0 aliphatic rings. The summed E-state index contributed by atoms with van der Waals surface area (Å²) in [5.74, 6) is 0.0990. The average molecular weight is 220 g/mol. The highest BCUT2D eigenvalue weighted by molar-refractivity contribution is 7.99. The zero-order valence-electron chi connectivity index (χ0n) is 7.77. The molecule has 78 valence electrons. The number of thioether (sulfide) groups is 1. The predicted octanol–water partition coefficient (Wildman–Crippen LogP) is 4.27. The van der Waals surface area contributed by atoms with Crippen molar-refractivity contribution in [3.63, 3.8) is 0 Å². The van der Waals surface area contributed by atoms with E-state index in [4.69, 9.17) is 0 Å². The number of halogens is 3. The Kier molecular flexibility index (Phi) is 4.32. The molecular formula is C10H11F3S. The molecule has 0 bridgehead atoms. The van der Waals surface area contributed by atoms with E-state index in [0.29, 0.717) is 5.75 Å². The third-order valence-corrected chi connectivity index (χ3v) is 3.01. The molecule has 0 heterocycles. The minimum Gasteiger partial charge on any atom is -0.206 e. The van der Waals surface area contributed by atoms with E-state index in [0.717, 1.165) is 18.2 Å². The monoisotopic (exact) mass is 220 g/mol. The van der Waals surface area contributed by atoms with E-state index in [1.165, 1.54) is 18.2 Å². The summed E-state index contributed by atoms with van der Waals surface area (Å²) in [6.45, 7) is 1.93. The number of hydrogen-bond donors (Lipinski definition) is 0. The first-order valence-electron chi connectivity index (χ1n) is 4.36. The van der Waals surface area contributed by atoms with Crippen LogP contribution < -0.4 is 0 Å². The number of rotatable bonds is 4. The molecular weight excluding hydrogens is 209 g/mol. The molecule has 0 aliphatic carbocycles. The van der Waals surface area contributed by atoms with E-state index in [1.807, 2.05) is 6.92 Å². The molecule has 0 aliphatic heterocycles. The van der Waals surface area contributed by atoms with Gasteiger partial charge in [-0.25, -0.2) is 13.2 Å². The molecule has 0 spiro atoms. The summed E-state index contributed by atoms with van der Waals surface area (Å²) in [4.78, 5) is 0.0874. The van der Waals surface area contributed by atoms with Crippen LogP contribution in [0.4, 0.5) is 13.2 Å². The zero-order valence-corrected chi connectivity index (χ0v) is 8.58. The summed E-state index contributed by atoms with van der Waals surface area (Å²) >= 11 is 1.15. The minimum absolute atomic E-state index is 0.0874. The number of benzene rings is 1. The molecule has 1 rings (SSSR count). The molecule has 0 saturated carbocycles. The van der Waals surface area contributed by atoms with Crippen molar-refractivity contribution in [1.82, 2.24) is 0 Å². The summed E-state index contributed by atoms with van der Waals surface area (Å²) in [6.07, 6.45) is -1.77. The van der Waals surface area contributed by atoms with Gasteiger partial charge in [-0.1, -0.05) is 19.1 Å². The first-order valence-corrected chi connectivity index (χ1v) is 5.34. The van der Waals surface area contributed by atoms with Crippen molar-refractivity contribution in [2.24, 2.45) is 0 Å². The van der Waals surface area contributed by atoms with Gasteiger partial charge in [0.25, 0.3) is 6.43 Å². The molecule has 1 aromatic rings. The molecule has 0 atom stereocenters. The third-order valence-electron chi connectivity index (χ3n) is 1.68. The second kappa shape index (κ2) is 5.29. The Hall–Kier alpha value is -0.640. The second-order valence-electron chi connectivity index (χ2n) is 2.81. The standard InChI is InChI=1S/C10H11F3S/c1-2-6-14-9-7(10(12)13)4-3-5-8(9)11/h3-5,10H,2,6H2,1H3. The largest absolute Gasteiger partial charge is 0.265 e. The first-order chi connectivity index (χ1) is 6.66. The Balaban J connectivity index is 2.96. The fraction of sp³-hybridized carbons (Fsp3) is 0.400. The maximum absolute atomic E-state index is 13.2. The molecule has 0 radical (unpaired) electrons. The topological polar surface area (TPSA) is 0 Å². The molecule has 0 nitrogen and oxygen atoms in total. The van der Waals surface area contributed by atoms with Crippen molar-refractivity contribution < 1.29 is 13.2 Å². The van der Waals surface area contributed by atoms with Crippen LogP contribution in [0.2, 0.25) is 0 Å². The van der Waals surface area contributed by atoms with Gasteiger partial charge in [-0.3, -0.25) is 0 Å². The highest BCUT2D eigenvalue weighted by atomic mass is 32.2. The van der Waals surface area contributed by atoms with Gasteiger partial charge in [0.1, 0.15) is 5.82 Å². The quantitative estimate of drug-likeness (QED) is 0.683. The van der Waals surface area contributed by atoms with Crippen LogP contribution in [0, 0.1) is 5.82 Å². The lowest BCUT2D eigenvalue weighted by Gasteiger charge is -2.08. The van der Waals surface area contributed by atoms with Crippen molar-refractivity contribution in [2.45, 2.75) is 24.7 Å². The maximum atomic E-state index is 13.2. The lowest BCUT2D eigenvalue weighted by atomic mass is 10.2. The van der Waals surface area contributed by atoms with Gasteiger partial charge in [0.2, 0.25) is 0 Å². The van der Waals surface area contributed by atoms with Crippen LogP contribution >= 0.6 is 11.8 Å². The summed E-state index contributed by atoms with van der Waals surface area (Å²) in [6, 6.07) is 3.79. The van der Waals surface area contributed by atoms with Gasteiger partial charge >= 0.3 is 0 Å². The Labute approximate surface area is 85.5 Å². The molecule has 0 aromatic heterocycles. The van der Waals surface area contributed by atoms with Crippen molar-refractivity contribution >= 4 is 11.8 Å². The molecule has 0 saturated heterocycles. The van der Waals surface area contributed by atoms with Crippen LogP contribution in [-0.4, -0.2) is 5.75 Å². The fourth-order valence-corrected chi connectivity index (χ4v) is 1.99. The van der Waals surface area contributed by atoms with Crippen molar-refractivity contribution in [3.05, 3.63) is 29.6 Å². The van der Waals surface area contributed by atoms with Gasteiger partial charge in [-0.2, -0.15) is 0 Å². The second-order valence-corrected chi connectivity index (χ2v) is 3.91. The van der Waals surface area contributed by atoms with Crippen molar-refractivity contribution in [2.75, 3.05) is 5.75 Å². The molecule has 1 aromatic carbocycles. The van der Waals surface area contributed by atoms with Crippen molar-refractivity contribution in [1.29, 1.82) is 0 Å². The zero-order chi connectivity index (χ0) is 10.6. The molecule has 0 N–H and O–H groups in total. The van der Waals surface area contributed by atoms with Gasteiger partial charge in [0, 0.05) is 5.56 Å². The van der Waals surface area contributed by atoms with Crippen LogP contribution in [0.15, 0.2) is 23.1 Å². The lowest BCUT2D eigenvalue weighted by molar-refractivity contribution is 0.147. The van der Waals surface area contributed by atoms with Crippen molar-refractivity contribution in [3.8, 4) is 0 Å². The normalized spacial score (nSPS) is 10.9. The molecule has 0 fully saturated rings. The van der Waals surface area contributed by atoms with Gasteiger partial charge in [0.15, 0.2) is 0 Å². The van der Waals surface area contributed by atoms with E-state index >= 15 is 0 Å². The van der Waals surface area contributed by atoms with E-state index in [-0.39, 0.29) is 10.5 Å². The van der Waals surface area contributed by atoms with E-state index in [9.17, 15) is 13.2 Å². The third kappa shape index (κ3) is 2.67. The molecule has 0 unspecified atom stereocenters. The summed E-state index contributed by atoms with van der Waals surface area (Å²) in [7, 11) is 0. The Morgan fingerprint density at radius 1 is 1.36 bits per heavy atom. The highest BCUT2D eigenvalue weighted by Crippen LogP contribution is 2.32.